The molecule has 244 valence electrons. The van der Waals surface area contributed by atoms with E-state index in [4.69, 9.17) is 18.8 Å². The first-order valence-electron chi connectivity index (χ1n) is 17.4. The van der Waals surface area contributed by atoms with Crippen LogP contribution in [-0.4, -0.2) is 16.7 Å². The number of aromatic nitrogens is 1. The Morgan fingerprint density at radius 3 is 2.10 bits per heavy atom. The summed E-state index contributed by atoms with van der Waals surface area (Å²) < 4.78 is 12.8. The van der Waals surface area contributed by atoms with Crippen LogP contribution in [0.4, 0.5) is 0 Å². The van der Waals surface area contributed by atoms with Crippen LogP contribution in [0, 0.1) is 0 Å². The summed E-state index contributed by atoms with van der Waals surface area (Å²) >= 11 is 0. The van der Waals surface area contributed by atoms with Crippen molar-refractivity contribution in [3.05, 3.63) is 175 Å². The van der Waals surface area contributed by atoms with Crippen molar-refractivity contribution in [3.8, 4) is 11.1 Å². The highest BCUT2D eigenvalue weighted by Gasteiger charge is 2.27. The summed E-state index contributed by atoms with van der Waals surface area (Å²) in [5.41, 5.74) is 8.40. The zero-order valence-electron chi connectivity index (χ0n) is 27.7. The maximum atomic E-state index is 6.52. The van der Waals surface area contributed by atoms with Crippen molar-refractivity contribution in [1.29, 1.82) is 0 Å². The largest absolute Gasteiger partial charge is 0.456 e. The number of para-hydroxylation sites is 1. The van der Waals surface area contributed by atoms with Crippen molar-refractivity contribution >= 4 is 77.1 Å². The fourth-order valence-corrected chi connectivity index (χ4v) is 7.78. The molecule has 7 aromatic carbocycles. The maximum Gasteiger partial charge on any atom is 0.159 e. The van der Waals surface area contributed by atoms with Gasteiger partial charge in [0.25, 0.3) is 0 Å². The molecule has 4 heterocycles. The number of amidine groups is 2. The smallest absolute Gasteiger partial charge is 0.159 e. The van der Waals surface area contributed by atoms with Crippen LogP contribution < -0.4 is 5.32 Å². The van der Waals surface area contributed by atoms with E-state index < -0.39 is 6.17 Å². The Labute approximate surface area is 297 Å². The van der Waals surface area contributed by atoms with Gasteiger partial charge in [-0.25, -0.2) is 9.98 Å². The van der Waals surface area contributed by atoms with Crippen molar-refractivity contribution in [1.82, 2.24) is 10.3 Å². The number of aliphatic imine (C=N–C) groups is 2. The van der Waals surface area contributed by atoms with E-state index >= 15 is 0 Å². The molecule has 1 aliphatic heterocycles. The number of benzene rings is 7. The van der Waals surface area contributed by atoms with Crippen LogP contribution in [0.3, 0.4) is 0 Å². The average molecular weight is 669 g/mol. The van der Waals surface area contributed by atoms with Gasteiger partial charge >= 0.3 is 0 Å². The third kappa shape index (κ3) is 4.48. The highest BCUT2D eigenvalue weighted by atomic mass is 16.3. The predicted octanol–water partition coefficient (Wildman–Crippen LogP) is 11.3. The molecular weight excluding hydrogens is 641 g/mol. The monoisotopic (exact) mass is 668 g/mol. The van der Waals surface area contributed by atoms with E-state index in [-0.39, 0.29) is 0 Å². The number of nitrogens with zero attached hydrogens (tertiary/aromatic N) is 3. The lowest BCUT2D eigenvalue weighted by Gasteiger charge is -2.25. The van der Waals surface area contributed by atoms with E-state index in [1.807, 2.05) is 67.0 Å². The molecule has 0 aliphatic carbocycles. The number of pyridine rings is 1. The molecule has 0 saturated carbocycles. The van der Waals surface area contributed by atoms with Gasteiger partial charge in [0.05, 0.1) is 0 Å². The van der Waals surface area contributed by atoms with Gasteiger partial charge in [0.1, 0.15) is 34.3 Å². The Morgan fingerprint density at radius 1 is 0.500 bits per heavy atom. The van der Waals surface area contributed by atoms with Crippen LogP contribution in [0.1, 0.15) is 22.9 Å². The zero-order valence-corrected chi connectivity index (χ0v) is 27.7. The minimum absolute atomic E-state index is 0.434. The topological polar surface area (TPSA) is 75.9 Å². The molecule has 6 nitrogen and oxygen atoms in total. The number of furan rings is 2. The standard InChI is InChI=1S/C46H28N4O2/c1-2-10-27(11-3-1)44-48-45(34-16-9-19-40-43(34)33-14-6-7-17-38(33)51-40)50-46(49-44)36-23-29-13-5-4-12-28(29)22-35(36)32-15-8-18-39-42(32)37-24-31-26-47-21-20-30(31)25-41(37)52-39/h1-26,45H,(H,48,49,50). The lowest BCUT2D eigenvalue weighted by Crippen LogP contribution is -2.34. The van der Waals surface area contributed by atoms with E-state index in [1.54, 1.807) is 0 Å². The van der Waals surface area contributed by atoms with Crippen molar-refractivity contribution in [2.75, 3.05) is 0 Å². The van der Waals surface area contributed by atoms with Gasteiger partial charge in [-0.3, -0.25) is 4.98 Å². The Morgan fingerprint density at radius 2 is 1.21 bits per heavy atom. The normalized spacial score (nSPS) is 14.7. The van der Waals surface area contributed by atoms with Crippen LogP contribution in [0.15, 0.2) is 177 Å². The van der Waals surface area contributed by atoms with Gasteiger partial charge in [-0.2, -0.15) is 0 Å². The molecule has 0 spiro atoms. The molecule has 0 bridgehead atoms. The second-order valence-electron chi connectivity index (χ2n) is 13.2. The Kier molecular flexibility index (Phi) is 6.21. The molecule has 6 heteroatoms. The Bertz CT molecular complexity index is 3120. The van der Waals surface area contributed by atoms with E-state index in [0.29, 0.717) is 5.84 Å². The summed E-state index contributed by atoms with van der Waals surface area (Å²) in [6.45, 7) is 0. The summed E-state index contributed by atoms with van der Waals surface area (Å²) in [5, 5.41) is 12.4. The summed E-state index contributed by atoms with van der Waals surface area (Å²) in [7, 11) is 0. The number of rotatable bonds is 4. The van der Waals surface area contributed by atoms with E-state index in [9.17, 15) is 0 Å². The van der Waals surface area contributed by atoms with Crippen LogP contribution in [-0.2, 0) is 0 Å². The number of fused-ring (bicyclic) bond motifs is 8. The van der Waals surface area contributed by atoms with Gasteiger partial charge < -0.3 is 14.2 Å². The van der Waals surface area contributed by atoms with Crippen LogP contribution in [0.25, 0.3) is 76.5 Å². The first kappa shape index (κ1) is 28.8. The SMILES string of the molecule is c1ccc(C2=NC(c3cccc4oc5ccccc5c34)NC(c3cc4ccccc4cc3-c3cccc4oc5cc6ccncc6cc5c34)=N2)cc1. The summed E-state index contributed by atoms with van der Waals surface area (Å²) in [5.74, 6) is 1.40. The second kappa shape index (κ2) is 11.2. The number of hydrogen-bond donors (Lipinski definition) is 1. The van der Waals surface area contributed by atoms with Gasteiger partial charge in [-0.15, -0.1) is 0 Å². The molecule has 0 fully saturated rings. The van der Waals surface area contributed by atoms with Crippen LogP contribution in [0.5, 0.6) is 0 Å². The molecule has 1 aliphatic rings. The molecule has 10 aromatic rings. The summed E-state index contributed by atoms with van der Waals surface area (Å²) in [6.07, 6.45) is 3.29. The van der Waals surface area contributed by atoms with Gasteiger partial charge in [0.2, 0.25) is 0 Å². The molecule has 3 aromatic heterocycles. The third-order valence-electron chi connectivity index (χ3n) is 10.2. The Balaban J connectivity index is 1.17. The zero-order chi connectivity index (χ0) is 34.2. The van der Waals surface area contributed by atoms with Crippen LogP contribution in [0.2, 0.25) is 0 Å². The highest BCUT2D eigenvalue weighted by molar-refractivity contribution is 6.21. The van der Waals surface area contributed by atoms with Gasteiger partial charge in [0, 0.05) is 56.0 Å². The minimum Gasteiger partial charge on any atom is -0.456 e. The minimum atomic E-state index is -0.434. The molecule has 52 heavy (non-hydrogen) atoms. The second-order valence-corrected chi connectivity index (χ2v) is 13.2. The fraction of sp³-hybridized carbons (Fsp3) is 0.0217. The van der Waals surface area contributed by atoms with E-state index in [1.165, 1.54) is 0 Å². The lowest BCUT2D eigenvalue weighted by molar-refractivity contribution is 0.662. The molecule has 11 rings (SSSR count). The molecule has 0 amide bonds. The molecule has 1 atom stereocenters. The summed E-state index contributed by atoms with van der Waals surface area (Å²) in [6, 6.07) is 50.2. The van der Waals surface area contributed by atoms with Crippen molar-refractivity contribution in [2.45, 2.75) is 6.17 Å². The summed E-state index contributed by atoms with van der Waals surface area (Å²) in [4.78, 5) is 15.0. The van der Waals surface area contributed by atoms with Crippen molar-refractivity contribution in [2.24, 2.45) is 9.98 Å². The van der Waals surface area contributed by atoms with Crippen LogP contribution >= 0.6 is 0 Å². The first-order chi connectivity index (χ1) is 25.7. The molecule has 1 N–H and O–H groups in total. The Hall–Kier alpha value is -7.05. The number of hydrogen-bond acceptors (Lipinski definition) is 6. The first-order valence-corrected chi connectivity index (χ1v) is 17.4. The fourth-order valence-electron chi connectivity index (χ4n) is 7.78. The van der Waals surface area contributed by atoms with Gasteiger partial charge in [0.15, 0.2) is 5.84 Å². The highest BCUT2D eigenvalue weighted by Crippen LogP contribution is 2.42. The van der Waals surface area contributed by atoms with Crippen molar-refractivity contribution in [3.63, 3.8) is 0 Å². The van der Waals surface area contributed by atoms with Gasteiger partial charge in [-0.05, 0) is 75.8 Å². The van der Waals surface area contributed by atoms with Gasteiger partial charge in [-0.1, -0.05) is 97.1 Å². The van der Waals surface area contributed by atoms with E-state index in [2.05, 4.69) is 101 Å². The molecule has 0 radical (unpaired) electrons. The molecular formula is C46H28N4O2. The van der Waals surface area contributed by atoms with Crippen molar-refractivity contribution < 1.29 is 8.83 Å². The number of nitrogens with one attached hydrogen (secondary N) is 1. The molecule has 1 unspecified atom stereocenters. The maximum absolute atomic E-state index is 6.52. The average Bonchev–Trinajstić information content (AvgIpc) is 3.77. The third-order valence-corrected chi connectivity index (χ3v) is 10.2. The quantitative estimate of drug-likeness (QED) is 0.202. The van der Waals surface area contributed by atoms with E-state index in [0.717, 1.165) is 99.1 Å². The molecule has 0 saturated heterocycles. The predicted molar refractivity (Wildman–Crippen MR) is 211 cm³/mol. The lowest BCUT2D eigenvalue weighted by atomic mass is 9.91.